The van der Waals surface area contributed by atoms with E-state index in [1.165, 1.54) is 0 Å². The van der Waals surface area contributed by atoms with Gasteiger partial charge in [-0.25, -0.2) is 0 Å². The molecule has 14 heavy (non-hydrogen) atoms. The lowest BCUT2D eigenvalue weighted by Crippen LogP contribution is -2.42. The highest BCUT2D eigenvalue weighted by atomic mass is 16.4. The van der Waals surface area contributed by atoms with E-state index in [9.17, 15) is 9.59 Å². The summed E-state index contributed by atoms with van der Waals surface area (Å²) in [7, 11) is 0. The molecule has 0 aliphatic heterocycles. The van der Waals surface area contributed by atoms with Crippen molar-refractivity contribution in [2.24, 2.45) is 17.6 Å². The molecule has 0 spiro atoms. The zero-order valence-electron chi connectivity index (χ0n) is 8.78. The highest BCUT2D eigenvalue weighted by Crippen LogP contribution is 2.09. The monoisotopic (exact) mass is 202 g/mol. The van der Waals surface area contributed by atoms with Crippen molar-refractivity contribution in [3.05, 3.63) is 0 Å². The molecular weight excluding hydrogens is 184 g/mol. The number of aliphatic carboxylic acids is 1. The van der Waals surface area contributed by atoms with Gasteiger partial charge in [0.1, 0.15) is 0 Å². The molecule has 0 aliphatic rings. The van der Waals surface area contributed by atoms with Crippen molar-refractivity contribution in [2.75, 3.05) is 6.54 Å². The van der Waals surface area contributed by atoms with E-state index in [4.69, 9.17) is 10.8 Å². The molecule has 5 heteroatoms. The Kier molecular flexibility index (Phi) is 5.15. The van der Waals surface area contributed by atoms with Crippen LogP contribution in [0.15, 0.2) is 0 Å². The van der Waals surface area contributed by atoms with Crippen molar-refractivity contribution in [1.29, 1.82) is 0 Å². The van der Waals surface area contributed by atoms with Crippen LogP contribution in [0.25, 0.3) is 0 Å². The van der Waals surface area contributed by atoms with Crippen LogP contribution in [-0.2, 0) is 9.59 Å². The SMILES string of the molecule is CC(C)C(CNC(=O)[C@@H](C)N)C(=O)O. The van der Waals surface area contributed by atoms with Crippen molar-refractivity contribution in [2.45, 2.75) is 26.8 Å². The molecule has 0 aromatic heterocycles. The van der Waals surface area contributed by atoms with Crippen LogP contribution in [0.3, 0.4) is 0 Å². The van der Waals surface area contributed by atoms with Gasteiger partial charge in [0.15, 0.2) is 0 Å². The van der Waals surface area contributed by atoms with E-state index >= 15 is 0 Å². The predicted octanol–water partition coefficient (Wildman–Crippen LogP) is -0.193. The summed E-state index contributed by atoms with van der Waals surface area (Å²) < 4.78 is 0. The summed E-state index contributed by atoms with van der Waals surface area (Å²) in [5.74, 6) is -1.79. The minimum absolute atomic E-state index is 0.0131. The average Bonchev–Trinajstić information content (AvgIpc) is 2.02. The van der Waals surface area contributed by atoms with Crippen molar-refractivity contribution < 1.29 is 14.7 Å². The third-order valence-corrected chi connectivity index (χ3v) is 2.03. The number of carboxylic acids is 1. The molecule has 1 amide bonds. The van der Waals surface area contributed by atoms with Crippen molar-refractivity contribution in [1.82, 2.24) is 5.32 Å². The minimum Gasteiger partial charge on any atom is -0.481 e. The number of carbonyl (C=O) groups is 2. The number of nitrogens with one attached hydrogen (secondary N) is 1. The number of rotatable bonds is 5. The zero-order valence-corrected chi connectivity index (χ0v) is 8.78. The van der Waals surface area contributed by atoms with Crippen LogP contribution in [0.1, 0.15) is 20.8 Å². The summed E-state index contributed by atoms with van der Waals surface area (Å²) in [6, 6.07) is -0.600. The predicted molar refractivity (Wildman–Crippen MR) is 52.6 cm³/mol. The van der Waals surface area contributed by atoms with Gasteiger partial charge >= 0.3 is 5.97 Å². The van der Waals surface area contributed by atoms with Crippen LogP contribution in [0.4, 0.5) is 0 Å². The zero-order chi connectivity index (χ0) is 11.3. The molecule has 0 radical (unpaired) electrons. The number of nitrogens with two attached hydrogens (primary N) is 1. The quantitative estimate of drug-likeness (QED) is 0.576. The maximum atomic E-state index is 11.1. The van der Waals surface area contributed by atoms with Gasteiger partial charge < -0.3 is 16.2 Å². The standard InChI is InChI=1S/C9H18N2O3/c1-5(2)7(9(13)14)4-11-8(12)6(3)10/h5-7H,4,10H2,1-3H3,(H,11,12)(H,13,14)/t6-,7?/m1/s1. The third kappa shape index (κ3) is 4.23. The number of hydrogen-bond acceptors (Lipinski definition) is 3. The Morgan fingerprint density at radius 3 is 2.14 bits per heavy atom. The van der Waals surface area contributed by atoms with Gasteiger partial charge in [-0.05, 0) is 12.8 Å². The Morgan fingerprint density at radius 2 is 1.86 bits per heavy atom. The molecule has 0 rings (SSSR count). The molecule has 0 aliphatic carbocycles. The summed E-state index contributed by atoms with van der Waals surface area (Å²) in [6.07, 6.45) is 0. The van der Waals surface area contributed by atoms with Gasteiger partial charge in [0.2, 0.25) is 5.91 Å². The molecule has 2 atom stereocenters. The number of carboxylic acid groups (broad SMARTS) is 1. The van der Waals surface area contributed by atoms with E-state index in [0.29, 0.717) is 0 Å². The molecule has 5 nitrogen and oxygen atoms in total. The molecule has 4 N–H and O–H groups in total. The first-order valence-corrected chi connectivity index (χ1v) is 4.62. The fourth-order valence-corrected chi connectivity index (χ4v) is 0.980. The Morgan fingerprint density at radius 1 is 1.36 bits per heavy atom. The summed E-state index contributed by atoms with van der Waals surface area (Å²) in [5, 5.41) is 11.3. The Hall–Kier alpha value is -1.10. The highest BCUT2D eigenvalue weighted by molar-refractivity contribution is 5.81. The molecule has 1 unspecified atom stereocenters. The summed E-state index contributed by atoms with van der Waals surface area (Å²) in [5.41, 5.74) is 5.31. The first-order valence-electron chi connectivity index (χ1n) is 4.62. The smallest absolute Gasteiger partial charge is 0.308 e. The summed E-state index contributed by atoms with van der Waals surface area (Å²) >= 11 is 0. The lowest BCUT2D eigenvalue weighted by Gasteiger charge is -2.17. The molecule has 0 heterocycles. The number of amides is 1. The van der Waals surface area contributed by atoms with Crippen molar-refractivity contribution in [3.8, 4) is 0 Å². The van der Waals surface area contributed by atoms with Gasteiger partial charge in [0, 0.05) is 6.54 Å². The van der Waals surface area contributed by atoms with Gasteiger partial charge in [-0.3, -0.25) is 9.59 Å². The third-order valence-electron chi connectivity index (χ3n) is 2.03. The molecule has 0 bridgehead atoms. The fourth-order valence-electron chi connectivity index (χ4n) is 0.980. The van der Waals surface area contributed by atoms with Crippen LogP contribution in [-0.4, -0.2) is 29.6 Å². The van der Waals surface area contributed by atoms with Crippen LogP contribution in [0, 0.1) is 11.8 Å². The van der Waals surface area contributed by atoms with Crippen molar-refractivity contribution >= 4 is 11.9 Å². The van der Waals surface area contributed by atoms with Gasteiger partial charge in [0.05, 0.1) is 12.0 Å². The Bertz CT molecular complexity index is 214. The second kappa shape index (κ2) is 5.59. The molecule has 0 saturated heterocycles. The lowest BCUT2D eigenvalue weighted by atomic mass is 9.96. The van der Waals surface area contributed by atoms with E-state index in [1.54, 1.807) is 20.8 Å². The molecule has 0 fully saturated rings. The normalized spacial score (nSPS) is 14.9. The maximum absolute atomic E-state index is 11.1. The molecule has 0 aromatic carbocycles. The van der Waals surface area contributed by atoms with Crippen LogP contribution in [0.5, 0.6) is 0 Å². The summed E-state index contributed by atoms with van der Waals surface area (Å²) in [4.78, 5) is 21.8. The maximum Gasteiger partial charge on any atom is 0.308 e. The molecule has 0 aromatic rings. The fraction of sp³-hybridized carbons (Fsp3) is 0.778. The molecular formula is C9H18N2O3. The van der Waals surface area contributed by atoms with Gasteiger partial charge in [-0.15, -0.1) is 0 Å². The van der Waals surface area contributed by atoms with Crippen LogP contribution >= 0.6 is 0 Å². The Balaban J connectivity index is 4.08. The van der Waals surface area contributed by atoms with E-state index in [0.717, 1.165) is 0 Å². The average molecular weight is 202 g/mol. The second-order valence-corrected chi connectivity index (χ2v) is 3.72. The first kappa shape index (κ1) is 12.9. The number of carbonyl (C=O) groups excluding carboxylic acids is 1. The molecule has 0 saturated carbocycles. The first-order chi connectivity index (χ1) is 6.36. The van der Waals surface area contributed by atoms with E-state index in [2.05, 4.69) is 5.32 Å². The van der Waals surface area contributed by atoms with Gasteiger partial charge in [-0.1, -0.05) is 13.8 Å². The summed E-state index contributed by atoms with van der Waals surface area (Å²) in [6.45, 7) is 5.29. The van der Waals surface area contributed by atoms with Crippen LogP contribution < -0.4 is 11.1 Å². The lowest BCUT2D eigenvalue weighted by molar-refractivity contribution is -0.143. The van der Waals surface area contributed by atoms with E-state index in [1.807, 2.05) is 0 Å². The van der Waals surface area contributed by atoms with E-state index < -0.39 is 17.9 Å². The largest absolute Gasteiger partial charge is 0.481 e. The van der Waals surface area contributed by atoms with Gasteiger partial charge in [-0.2, -0.15) is 0 Å². The minimum atomic E-state index is -0.898. The van der Waals surface area contributed by atoms with Gasteiger partial charge in [0.25, 0.3) is 0 Å². The highest BCUT2D eigenvalue weighted by Gasteiger charge is 2.22. The van der Waals surface area contributed by atoms with Crippen LogP contribution in [0.2, 0.25) is 0 Å². The molecule has 82 valence electrons. The second-order valence-electron chi connectivity index (χ2n) is 3.72. The van der Waals surface area contributed by atoms with E-state index in [-0.39, 0.29) is 18.4 Å². The Labute approximate surface area is 83.7 Å². The number of hydrogen-bond donors (Lipinski definition) is 3. The van der Waals surface area contributed by atoms with Crippen molar-refractivity contribution in [3.63, 3.8) is 0 Å². The topological polar surface area (TPSA) is 92.4 Å².